The second kappa shape index (κ2) is 6.52. The Kier molecular flexibility index (Phi) is 4.31. The highest BCUT2D eigenvalue weighted by molar-refractivity contribution is 6.07. The summed E-state index contributed by atoms with van der Waals surface area (Å²) in [4.78, 5) is 19.0. The van der Waals surface area contributed by atoms with Crippen molar-refractivity contribution in [2.75, 3.05) is 7.05 Å². The number of rotatable bonds is 2. The summed E-state index contributed by atoms with van der Waals surface area (Å²) in [6.07, 6.45) is -2.43. The number of hydrogen-bond acceptors (Lipinski definition) is 5. The first kappa shape index (κ1) is 19.8. The number of fused-ring (bicyclic) bond motifs is 2. The number of aliphatic imine (C=N–C) groups is 1. The zero-order valence-electron chi connectivity index (χ0n) is 16.7. The van der Waals surface area contributed by atoms with E-state index in [0.29, 0.717) is 22.4 Å². The van der Waals surface area contributed by atoms with Crippen molar-refractivity contribution in [2.24, 2.45) is 10.7 Å². The number of benzene rings is 2. The molecule has 2 aliphatic rings. The van der Waals surface area contributed by atoms with Crippen LogP contribution in [0.1, 0.15) is 43.4 Å². The maximum Gasteiger partial charge on any atom is 0.263 e. The van der Waals surface area contributed by atoms with Gasteiger partial charge in [0.25, 0.3) is 12.3 Å². The number of nitrogens with zero attached hydrogens (tertiary/aromatic N) is 3. The van der Waals surface area contributed by atoms with Crippen LogP contribution in [0.15, 0.2) is 41.4 Å². The first-order chi connectivity index (χ1) is 14.1. The van der Waals surface area contributed by atoms with Gasteiger partial charge < -0.3 is 10.5 Å². The summed E-state index contributed by atoms with van der Waals surface area (Å²) in [7, 11) is 1.56. The third-order valence-electron chi connectivity index (χ3n) is 5.47. The fourth-order valence-corrected chi connectivity index (χ4v) is 4.17. The Balaban J connectivity index is 1.92. The topological polar surface area (TPSA) is 91.7 Å². The van der Waals surface area contributed by atoms with Crippen molar-refractivity contribution >= 4 is 11.9 Å². The molecule has 0 fully saturated rings. The molecule has 2 aliphatic heterocycles. The van der Waals surface area contributed by atoms with Gasteiger partial charge in [0.1, 0.15) is 11.4 Å². The summed E-state index contributed by atoms with van der Waals surface area (Å²) in [6.45, 7) is 3.74. The van der Waals surface area contributed by atoms with Gasteiger partial charge in [0.15, 0.2) is 11.5 Å². The molecule has 4 rings (SSSR count). The Labute approximate surface area is 172 Å². The molecular weight excluding hydrogens is 390 g/mol. The van der Waals surface area contributed by atoms with E-state index in [-0.39, 0.29) is 29.4 Å². The lowest BCUT2D eigenvalue weighted by molar-refractivity contribution is -0.133. The van der Waals surface area contributed by atoms with Crippen LogP contribution in [0.4, 0.5) is 8.78 Å². The van der Waals surface area contributed by atoms with Crippen molar-refractivity contribution in [2.45, 2.75) is 37.8 Å². The zero-order valence-corrected chi connectivity index (χ0v) is 16.7. The van der Waals surface area contributed by atoms with Crippen LogP contribution in [0, 0.1) is 11.3 Å². The molecule has 0 saturated heterocycles. The monoisotopic (exact) mass is 410 g/mol. The lowest BCUT2D eigenvalue weighted by atomic mass is 9.77. The molecule has 1 amide bonds. The van der Waals surface area contributed by atoms with E-state index in [4.69, 9.17) is 10.5 Å². The molecule has 2 aromatic carbocycles. The van der Waals surface area contributed by atoms with E-state index in [0.717, 1.165) is 0 Å². The first-order valence-electron chi connectivity index (χ1n) is 9.37. The third-order valence-corrected chi connectivity index (χ3v) is 5.47. The van der Waals surface area contributed by atoms with Gasteiger partial charge in [-0.2, -0.15) is 5.26 Å². The second-order valence-corrected chi connectivity index (χ2v) is 8.20. The van der Waals surface area contributed by atoms with Crippen LogP contribution in [0.2, 0.25) is 0 Å². The summed E-state index contributed by atoms with van der Waals surface area (Å²) in [6, 6.07) is 11.1. The maximum absolute atomic E-state index is 13.3. The van der Waals surface area contributed by atoms with Crippen LogP contribution in [0.3, 0.4) is 0 Å². The van der Waals surface area contributed by atoms with Gasteiger partial charge in [-0.05, 0) is 55.3 Å². The molecule has 0 radical (unpaired) electrons. The van der Waals surface area contributed by atoms with Crippen LogP contribution in [0.5, 0.6) is 5.75 Å². The Morgan fingerprint density at radius 2 is 1.97 bits per heavy atom. The SMILES string of the molecule is CN1C(=O)C2(CC(C)(C)Oc3ccc(-c4cc(C#N)cc(C(F)F)c4)cc32)N=C1N. The number of nitrogens with two attached hydrogens (primary N) is 1. The Hall–Kier alpha value is -3.47. The quantitative estimate of drug-likeness (QED) is 0.817. The molecule has 6 nitrogen and oxygen atoms in total. The van der Waals surface area contributed by atoms with E-state index >= 15 is 0 Å². The van der Waals surface area contributed by atoms with Crippen LogP contribution in [-0.2, 0) is 10.3 Å². The number of carbonyl (C=O) groups excluding carboxylic acids is 1. The van der Waals surface area contributed by atoms with Gasteiger partial charge in [-0.15, -0.1) is 0 Å². The predicted octanol–water partition coefficient (Wildman–Crippen LogP) is 3.71. The number of nitriles is 1. The molecule has 30 heavy (non-hydrogen) atoms. The summed E-state index contributed by atoms with van der Waals surface area (Å²) in [5.41, 5.74) is 5.48. The number of hydrogen-bond donors (Lipinski definition) is 1. The highest BCUT2D eigenvalue weighted by Gasteiger charge is 2.55. The molecule has 0 saturated carbocycles. The molecule has 1 spiro atoms. The fourth-order valence-electron chi connectivity index (χ4n) is 4.17. The second-order valence-electron chi connectivity index (χ2n) is 8.20. The molecule has 2 aromatic rings. The summed E-state index contributed by atoms with van der Waals surface area (Å²) < 4.78 is 32.7. The Bertz CT molecular complexity index is 1140. The van der Waals surface area contributed by atoms with E-state index in [9.17, 15) is 18.8 Å². The van der Waals surface area contributed by atoms with Crippen LogP contribution >= 0.6 is 0 Å². The number of alkyl halides is 2. The number of amides is 1. The minimum Gasteiger partial charge on any atom is -0.487 e. The van der Waals surface area contributed by atoms with Gasteiger partial charge in [0, 0.05) is 24.6 Å². The largest absolute Gasteiger partial charge is 0.487 e. The number of carbonyl (C=O) groups is 1. The minimum atomic E-state index is -2.71. The van der Waals surface area contributed by atoms with Gasteiger partial charge >= 0.3 is 0 Å². The Morgan fingerprint density at radius 1 is 1.23 bits per heavy atom. The molecule has 2 heterocycles. The lowest BCUT2D eigenvalue weighted by Crippen LogP contribution is -2.49. The van der Waals surface area contributed by atoms with Gasteiger partial charge in [0.05, 0.1) is 11.6 Å². The maximum atomic E-state index is 13.3. The number of likely N-dealkylation sites (N-methyl/N-ethyl adjacent to an activating group) is 1. The molecule has 0 bridgehead atoms. The number of guanidine groups is 1. The number of halogens is 2. The molecule has 8 heteroatoms. The average Bonchev–Trinajstić information content (AvgIpc) is 2.90. The molecule has 0 aliphatic carbocycles. The smallest absolute Gasteiger partial charge is 0.263 e. The molecule has 2 N–H and O–H groups in total. The average molecular weight is 410 g/mol. The normalized spacial score (nSPS) is 22.0. The van der Waals surface area contributed by atoms with Crippen molar-refractivity contribution in [3.8, 4) is 22.9 Å². The minimum absolute atomic E-state index is 0.112. The van der Waals surface area contributed by atoms with Crippen LogP contribution < -0.4 is 10.5 Å². The molecule has 154 valence electrons. The van der Waals surface area contributed by atoms with Gasteiger partial charge in [-0.1, -0.05) is 6.07 Å². The lowest BCUT2D eigenvalue weighted by Gasteiger charge is -2.41. The zero-order chi connectivity index (χ0) is 21.8. The fraction of sp³-hybridized carbons (Fsp3) is 0.318. The van der Waals surface area contributed by atoms with Crippen molar-refractivity contribution in [1.82, 2.24) is 4.90 Å². The number of ether oxygens (including phenoxy) is 1. The van der Waals surface area contributed by atoms with Crippen molar-refractivity contribution in [3.63, 3.8) is 0 Å². The highest BCUT2D eigenvalue weighted by Crippen LogP contribution is 2.49. The molecular formula is C22H20F2N4O2. The van der Waals surface area contributed by atoms with Gasteiger partial charge in [0.2, 0.25) is 0 Å². The summed E-state index contributed by atoms with van der Waals surface area (Å²) in [5, 5.41) is 9.23. The summed E-state index contributed by atoms with van der Waals surface area (Å²) >= 11 is 0. The van der Waals surface area contributed by atoms with Crippen LogP contribution in [0.25, 0.3) is 11.1 Å². The summed E-state index contributed by atoms with van der Waals surface area (Å²) in [5.74, 6) is 0.329. The Morgan fingerprint density at radius 3 is 2.57 bits per heavy atom. The van der Waals surface area contributed by atoms with Gasteiger partial charge in [-0.3, -0.25) is 9.69 Å². The van der Waals surface area contributed by atoms with E-state index in [1.54, 1.807) is 25.2 Å². The molecule has 0 aromatic heterocycles. The molecule has 1 atom stereocenters. The van der Waals surface area contributed by atoms with E-state index < -0.39 is 17.6 Å². The van der Waals surface area contributed by atoms with Crippen molar-refractivity contribution in [1.29, 1.82) is 5.26 Å². The van der Waals surface area contributed by atoms with Crippen molar-refractivity contribution < 1.29 is 18.3 Å². The highest BCUT2D eigenvalue weighted by atomic mass is 19.3. The predicted molar refractivity (Wildman–Crippen MR) is 107 cm³/mol. The van der Waals surface area contributed by atoms with E-state index in [1.165, 1.54) is 23.1 Å². The standard InChI is InChI=1S/C22H20F2N4O2/c1-21(2)11-22(19(29)28(3)20(26)27-22)16-9-13(4-5-17(16)30-21)14-6-12(10-25)7-15(8-14)18(23)24/h4-9,18H,11H2,1-3H3,(H2,26,27). The third kappa shape index (κ3) is 2.98. The van der Waals surface area contributed by atoms with E-state index in [1.807, 2.05) is 19.9 Å². The molecule has 1 unspecified atom stereocenters. The van der Waals surface area contributed by atoms with E-state index in [2.05, 4.69) is 4.99 Å². The van der Waals surface area contributed by atoms with Crippen LogP contribution in [-0.4, -0.2) is 29.4 Å². The first-order valence-corrected chi connectivity index (χ1v) is 9.37. The van der Waals surface area contributed by atoms with Gasteiger partial charge in [-0.25, -0.2) is 13.8 Å². The van der Waals surface area contributed by atoms with Crippen molar-refractivity contribution in [3.05, 3.63) is 53.1 Å².